The normalized spacial score (nSPS) is 12.4. The lowest BCUT2D eigenvalue weighted by atomic mass is 9.95. The van der Waals surface area contributed by atoms with Crippen LogP contribution in [0.25, 0.3) is 0 Å². The van der Waals surface area contributed by atoms with Gasteiger partial charge in [0, 0.05) is 17.8 Å². The van der Waals surface area contributed by atoms with Crippen molar-refractivity contribution in [3.8, 4) is 0 Å². The molecule has 118 valence electrons. The molecule has 0 saturated heterocycles. The first-order chi connectivity index (χ1) is 10.5. The molecule has 0 fully saturated rings. The van der Waals surface area contributed by atoms with E-state index in [4.69, 9.17) is 5.73 Å². The van der Waals surface area contributed by atoms with Gasteiger partial charge in [-0.2, -0.15) is 0 Å². The number of aryl methyl sites for hydroxylation is 3. The molecule has 2 rings (SSSR count). The van der Waals surface area contributed by atoms with Gasteiger partial charge < -0.3 is 10.3 Å². The predicted molar refractivity (Wildman–Crippen MR) is 92.3 cm³/mol. The third-order valence-corrected chi connectivity index (χ3v) is 4.26. The number of nitrogens with zero attached hydrogens (tertiary/aromatic N) is 1. The molecule has 0 aliphatic rings. The van der Waals surface area contributed by atoms with E-state index in [2.05, 4.69) is 32.0 Å². The topological polar surface area (TPSA) is 48.0 Å². The minimum Gasteiger partial charge on any atom is -0.320 e. The predicted octanol–water partition coefficient (Wildman–Crippen LogP) is 3.49. The Hall–Kier alpha value is -1.87. The zero-order chi connectivity index (χ0) is 16.3. The SMILES string of the molecule is CCCn1c(C)cc(C)c(C(N)c2ccc(CC)cc2)c1=O. The summed E-state index contributed by atoms with van der Waals surface area (Å²) in [6.45, 7) is 8.90. The first-order valence-electron chi connectivity index (χ1n) is 8.04. The van der Waals surface area contributed by atoms with Crippen LogP contribution in [0.15, 0.2) is 35.1 Å². The summed E-state index contributed by atoms with van der Waals surface area (Å²) in [5, 5.41) is 0. The lowest BCUT2D eigenvalue weighted by Crippen LogP contribution is -2.31. The average molecular weight is 298 g/mol. The highest BCUT2D eigenvalue weighted by atomic mass is 16.1. The number of aromatic nitrogens is 1. The van der Waals surface area contributed by atoms with Gasteiger partial charge in [-0.25, -0.2) is 0 Å². The molecule has 2 aromatic rings. The zero-order valence-corrected chi connectivity index (χ0v) is 14.0. The molecule has 2 N–H and O–H groups in total. The number of pyridine rings is 1. The molecule has 0 spiro atoms. The highest BCUT2D eigenvalue weighted by molar-refractivity contribution is 5.37. The van der Waals surface area contributed by atoms with Gasteiger partial charge in [-0.3, -0.25) is 4.79 Å². The fourth-order valence-electron chi connectivity index (χ4n) is 2.95. The van der Waals surface area contributed by atoms with Crippen molar-refractivity contribution in [2.24, 2.45) is 5.73 Å². The maximum atomic E-state index is 12.8. The van der Waals surface area contributed by atoms with Crippen molar-refractivity contribution in [2.75, 3.05) is 0 Å². The van der Waals surface area contributed by atoms with Gasteiger partial charge in [0.2, 0.25) is 0 Å². The molecule has 1 heterocycles. The lowest BCUT2D eigenvalue weighted by Gasteiger charge is -2.19. The average Bonchev–Trinajstić information content (AvgIpc) is 2.51. The first kappa shape index (κ1) is 16.5. The molecule has 1 aromatic heterocycles. The molecule has 1 unspecified atom stereocenters. The summed E-state index contributed by atoms with van der Waals surface area (Å²) < 4.78 is 1.84. The fraction of sp³-hybridized carbons (Fsp3) is 0.421. The van der Waals surface area contributed by atoms with Gasteiger partial charge in [-0.05, 0) is 49.4 Å². The molecule has 0 radical (unpaired) electrons. The minimum absolute atomic E-state index is 0.0476. The van der Waals surface area contributed by atoms with Crippen molar-refractivity contribution in [1.82, 2.24) is 4.57 Å². The first-order valence-corrected chi connectivity index (χ1v) is 8.04. The summed E-state index contributed by atoms with van der Waals surface area (Å²) in [6, 6.07) is 9.93. The van der Waals surface area contributed by atoms with Crippen molar-refractivity contribution in [3.63, 3.8) is 0 Å². The number of hydrogen-bond acceptors (Lipinski definition) is 2. The summed E-state index contributed by atoms with van der Waals surface area (Å²) in [5.74, 6) is 0. The molecule has 0 aliphatic carbocycles. The van der Waals surface area contributed by atoms with Crippen molar-refractivity contribution in [2.45, 2.75) is 53.1 Å². The van der Waals surface area contributed by atoms with Crippen LogP contribution in [-0.4, -0.2) is 4.57 Å². The maximum Gasteiger partial charge on any atom is 0.256 e. The van der Waals surface area contributed by atoms with Crippen LogP contribution in [0.4, 0.5) is 0 Å². The number of benzene rings is 1. The Balaban J connectivity index is 2.50. The molecule has 0 saturated carbocycles. The molecular weight excluding hydrogens is 272 g/mol. The van der Waals surface area contributed by atoms with Gasteiger partial charge in [-0.15, -0.1) is 0 Å². The van der Waals surface area contributed by atoms with Crippen LogP contribution >= 0.6 is 0 Å². The lowest BCUT2D eigenvalue weighted by molar-refractivity contribution is 0.621. The Morgan fingerprint density at radius 3 is 2.32 bits per heavy atom. The second kappa shape index (κ2) is 6.93. The quantitative estimate of drug-likeness (QED) is 0.918. The van der Waals surface area contributed by atoms with Gasteiger partial charge in [0.1, 0.15) is 0 Å². The molecule has 1 atom stereocenters. The second-order valence-electron chi connectivity index (χ2n) is 5.91. The van der Waals surface area contributed by atoms with Crippen LogP contribution in [0.5, 0.6) is 0 Å². The summed E-state index contributed by atoms with van der Waals surface area (Å²) in [7, 11) is 0. The van der Waals surface area contributed by atoms with Gasteiger partial charge in [-0.1, -0.05) is 38.1 Å². The molecular formula is C19H26N2O. The van der Waals surface area contributed by atoms with Gasteiger partial charge >= 0.3 is 0 Å². The third-order valence-electron chi connectivity index (χ3n) is 4.26. The second-order valence-corrected chi connectivity index (χ2v) is 5.91. The highest BCUT2D eigenvalue weighted by Crippen LogP contribution is 2.21. The highest BCUT2D eigenvalue weighted by Gasteiger charge is 2.18. The van der Waals surface area contributed by atoms with E-state index < -0.39 is 0 Å². The van der Waals surface area contributed by atoms with E-state index in [1.54, 1.807) is 0 Å². The van der Waals surface area contributed by atoms with E-state index in [-0.39, 0.29) is 11.6 Å². The molecule has 22 heavy (non-hydrogen) atoms. The Kier molecular flexibility index (Phi) is 5.19. The third kappa shape index (κ3) is 3.14. The molecule has 0 amide bonds. The van der Waals surface area contributed by atoms with E-state index in [0.717, 1.165) is 36.2 Å². The van der Waals surface area contributed by atoms with E-state index in [1.807, 2.05) is 30.5 Å². The van der Waals surface area contributed by atoms with Crippen LogP contribution in [-0.2, 0) is 13.0 Å². The summed E-state index contributed by atoms with van der Waals surface area (Å²) in [4.78, 5) is 12.8. The van der Waals surface area contributed by atoms with Crippen LogP contribution in [0.3, 0.4) is 0 Å². The van der Waals surface area contributed by atoms with Gasteiger partial charge in [0.15, 0.2) is 0 Å². The van der Waals surface area contributed by atoms with Crippen molar-refractivity contribution >= 4 is 0 Å². The summed E-state index contributed by atoms with van der Waals surface area (Å²) >= 11 is 0. The Bertz CT molecular complexity index is 699. The Labute approximate surface area is 132 Å². The molecule has 0 aliphatic heterocycles. The van der Waals surface area contributed by atoms with Crippen LogP contribution < -0.4 is 11.3 Å². The maximum absolute atomic E-state index is 12.8. The number of nitrogens with two attached hydrogens (primary N) is 1. The Morgan fingerprint density at radius 1 is 1.14 bits per heavy atom. The van der Waals surface area contributed by atoms with Crippen LogP contribution in [0, 0.1) is 13.8 Å². The standard InChI is InChI=1S/C19H26N2O/c1-5-11-21-14(4)12-13(3)17(19(21)22)18(20)16-9-7-15(6-2)8-10-16/h7-10,12,18H,5-6,11,20H2,1-4H3. The Morgan fingerprint density at radius 2 is 1.77 bits per heavy atom. The monoisotopic (exact) mass is 298 g/mol. The molecule has 3 heteroatoms. The molecule has 0 bridgehead atoms. The summed E-state index contributed by atoms with van der Waals surface area (Å²) in [6.07, 6.45) is 1.94. The fourth-order valence-corrected chi connectivity index (χ4v) is 2.95. The van der Waals surface area contributed by atoms with Crippen LogP contribution in [0.2, 0.25) is 0 Å². The minimum atomic E-state index is -0.373. The van der Waals surface area contributed by atoms with E-state index in [1.165, 1.54) is 5.56 Å². The van der Waals surface area contributed by atoms with E-state index >= 15 is 0 Å². The molecule has 3 nitrogen and oxygen atoms in total. The van der Waals surface area contributed by atoms with Gasteiger partial charge in [0.25, 0.3) is 5.56 Å². The van der Waals surface area contributed by atoms with Gasteiger partial charge in [0.05, 0.1) is 6.04 Å². The van der Waals surface area contributed by atoms with E-state index in [9.17, 15) is 4.79 Å². The van der Waals surface area contributed by atoms with Crippen molar-refractivity contribution in [1.29, 1.82) is 0 Å². The van der Waals surface area contributed by atoms with E-state index in [0.29, 0.717) is 5.56 Å². The van der Waals surface area contributed by atoms with Crippen molar-refractivity contribution < 1.29 is 0 Å². The largest absolute Gasteiger partial charge is 0.320 e. The number of rotatable bonds is 5. The summed E-state index contributed by atoms with van der Waals surface area (Å²) in [5.41, 5.74) is 11.4. The van der Waals surface area contributed by atoms with Crippen LogP contribution in [0.1, 0.15) is 54.3 Å². The molecule has 1 aromatic carbocycles. The zero-order valence-electron chi connectivity index (χ0n) is 14.0. The smallest absolute Gasteiger partial charge is 0.256 e. The number of hydrogen-bond donors (Lipinski definition) is 1. The van der Waals surface area contributed by atoms with Crippen molar-refractivity contribution in [3.05, 3.63) is 68.6 Å².